The van der Waals surface area contributed by atoms with E-state index in [0.717, 1.165) is 31.4 Å². The molecule has 1 amide bonds. The molecule has 0 aliphatic rings. The van der Waals surface area contributed by atoms with E-state index in [0.29, 0.717) is 57.2 Å². The van der Waals surface area contributed by atoms with Crippen LogP contribution in [0.3, 0.4) is 0 Å². The minimum atomic E-state index is -4.52. The third-order valence-electron chi connectivity index (χ3n) is 23.4. The molecule has 16 aromatic carbocycles. The Kier molecular flexibility index (Phi) is 41.2. The zero-order chi connectivity index (χ0) is 104. The average molecular weight is 2040 g/mol. The fourth-order valence-electron chi connectivity index (χ4n) is 14.4. The second-order valence-electron chi connectivity index (χ2n) is 35.1. The Labute approximate surface area is 857 Å². The Hall–Kier alpha value is -13.6. The highest BCUT2D eigenvalue weighted by atomic mass is 32.2. The van der Waals surface area contributed by atoms with Crippen LogP contribution in [0.5, 0.6) is 28.7 Å². The van der Waals surface area contributed by atoms with Crippen LogP contribution in [0.25, 0.3) is 10.8 Å². The predicted molar refractivity (Wildman–Crippen MR) is 575 cm³/mol. The molecule has 16 aromatic rings. The first-order chi connectivity index (χ1) is 68.9. The molecule has 0 fully saturated rings. The number of likely N-dealkylation sites (N-methyl/N-ethyl adjacent to an activating group) is 1. The molecule has 0 aliphatic carbocycles. The Morgan fingerprint density at radius 3 is 0.847 bits per heavy atom. The van der Waals surface area contributed by atoms with Gasteiger partial charge < -0.3 is 42.2 Å². The summed E-state index contributed by atoms with van der Waals surface area (Å²) in [6, 6.07) is 131. The highest BCUT2D eigenvalue weighted by Gasteiger charge is 2.32. The molecule has 0 saturated heterocycles. The number of fused-ring (bicyclic) bond motifs is 1. The maximum atomic E-state index is 12.2. The highest BCUT2D eigenvalue weighted by molar-refractivity contribution is 7.97. The van der Waals surface area contributed by atoms with Crippen LogP contribution in [-0.4, -0.2) is 83.6 Å². The second kappa shape index (κ2) is 53.6. The molecule has 24 heteroatoms. The number of anilines is 1. The third-order valence-corrected chi connectivity index (χ3v) is 32.6. The average Bonchev–Trinajstić information content (AvgIpc) is 0.804. The van der Waals surface area contributed by atoms with Gasteiger partial charge >= 0.3 is 11.9 Å². The molecule has 0 heterocycles. The van der Waals surface area contributed by atoms with E-state index in [2.05, 4.69) is 332 Å². The number of hydrogen-bond donors (Lipinski definition) is 0. The van der Waals surface area contributed by atoms with Crippen LogP contribution in [0.1, 0.15) is 138 Å². The summed E-state index contributed by atoms with van der Waals surface area (Å²) in [7, 11) is -12.1. The normalized spacial score (nSPS) is 11.9. The number of ether oxygens (including phenoxy) is 5. The summed E-state index contributed by atoms with van der Waals surface area (Å²) in [6.45, 7) is 25.3. The van der Waals surface area contributed by atoms with Crippen LogP contribution in [0.4, 0.5) is 5.69 Å². The molecule has 144 heavy (non-hydrogen) atoms. The van der Waals surface area contributed by atoms with Gasteiger partial charge in [-0.3, -0.25) is 4.79 Å². The van der Waals surface area contributed by atoms with Gasteiger partial charge in [0.2, 0.25) is 0 Å². The van der Waals surface area contributed by atoms with Crippen LogP contribution >= 0.6 is 0 Å². The van der Waals surface area contributed by atoms with E-state index in [-0.39, 0.29) is 84.3 Å². The van der Waals surface area contributed by atoms with Crippen LogP contribution in [-0.2, 0) is 82.8 Å². The number of esters is 2. The van der Waals surface area contributed by atoms with E-state index in [1.54, 1.807) is 31.3 Å². The molecule has 18 nitrogen and oxygen atoms in total. The number of hydrogen-bond acceptors (Lipinski definition) is 17. The lowest BCUT2D eigenvalue weighted by Crippen LogP contribution is -2.31. The van der Waals surface area contributed by atoms with Gasteiger partial charge in [0.15, 0.2) is 63.9 Å². The minimum absolute atomic E-state index is 0.0146. The van der Waals surface area contributed by atoms with E-state index in [1.807, 2.05) is 60.7 Å². The van der Waals surface area contributed by atoms with Gasteiger partial charge in [-0.2, -0.15) is 0 Å². The van der Waals surface area contributed by atoms with Crippen molar-refractivity contribution in [2.75, 3.05) is 31.8 Å². The maximum Gasteiger partial charge on any atom is 0.349 e. The Morgan fingerprint density at radius 1 is 0.299 bits per heavy atom. The van der Waals surface area contributed by atoms with Gasteiger partial charge in [0.05, 0.1) is 47.4 Å². The first-order valence-corrected chi connectivity index (χ1v) is 55.1. The summed E-state index contributed by atoms with van der Waals surface area (Å²) in [4.78, 5) is 48.7. The van der Waals surface area contributed by atoms with Crippen molar-refractivity contribution in [3.8, 4) is 28.7 Å². The van der Waals surface area contributed by atoms with E-state index in [4.69, 9.17) is 23.7 Å². The van der Waals surface area contributed by atoms with Gasteiger partial charge in [0, 0.05) is 12.7 Å². The lowest BCUT2D eigenvalue weighted by atomic mass is 9.87. The molecule has 0 N–H and O–H groups in total. The Balaban J connectivity index is 0.000000165. The van der Waals surface area contributed by atoms with Gasteiger partial charge in [-0.25, -0.2) is 34.8 Å². The molecule has 3 unspecified atom stereocenters. The topological polar surface area (TPSA) is 272 Å². The van der Waals surface area contributed by atoms with Crippen LogP contribution in [0.15, 0.2) is 465 Å². The monoisotopic (exact) mass is 2040 g/mol. The molecule has 0 radical (unpaired) electrons. The number of amides is 1. The second-order valence-corrected chi connectivity index (χ2v) is 45.3. The maximum absolute atomic E-state index is 12.2. The van der Waals surface area contributed by atoms with Gasteiger partial charge in [0.25, 0.3) is 5.91 Å². The van der Waals surface area contributed by atoms with Crippen LogP contribution in [0.2, 0.25) is 0 Å². The molecular weight excluding hydrogens is 1920 g/mol. The molecule has 744 valence electrons. The van der Waals surface area contributed by atoms with Gasteiger partial charge in [-0.05, 0) is 315 Å². The quantitative estimate of drug-likeness (QED) is 0.0175. The number of carbonyl (C=O) groups is 3. The lowest BCUT2D eigenvalue weighted by Gasteiger charge is -2.19. The highest BCUT2D eigenvalue weighted by Crippen LogP contribution is 2.37. The van der Waals surface area contributed by atoms with E-state index in [9.17, 15) is 53.3 Å². The van der Waals surface area contributed by atoms with Gasteiger partial charge in [-0.15, -0.1) is 0 Å². The predicted octanol–water partition coefficient (Wildman–Crippen LogP) is 27.0. The largest absolute Gasteiger partial charge is 0.744 e. The van der Waals surface area contributed by atoms with Gasteiger partial charge in [-0.1, -0.05) is 267 Å². The van der Waals surface area contributed by atoms with Crippen molar-refractivity contribution in [2.45, 2.75) is 184 Å². The standard InChI is InChI=1S/C22H22O6S.C22H23S.C21H21S.C19H23NO5S.C18H20O6S.C18H15S/c1-3-15(2)16-4-8-19(9-5-16)27-14-22(23)28-20-10-6-18-13-21(29(24,25)26)11-7-17(18)12-20;1-22(2,3)18-14-16-21(17-15-18)23(19-10-6-4-7-11-19)20-12-8-5-9-13-20;1-16-4-10-19(11-5-16)22(20-12-6-17(2)7-13-20)21-14-8-18(3)9-15-21;1-4-14(2)15-5-9-17(10-6-15)25-13-19(21)20(3)16-7-11-18(12-8-16)26(22,23)24;1-3-13(2)14-4-6-15(7-5-14)23-12-18(19)24-16-8-10-17(11-9-16)25(20,21)22;1-4-10-16(11-5-1)19(17-12-6-2-7-13-17)18-14-8-3-9-15-18/h4-13,15H,3,14H2,1-2H3,(H,24,25,26);4-17H,1-3H3;4-15H,1-3H3;5-12,14H,4,13H2,1-3H3,(H,22,23,24);4-11,13H,3,12H2,1-2H3,(H,20,21,22);1-15H/q;2*+1;;;+1/p-3. The van der Waals surface area contributed by atoms with E-state index >= 15 is 0 Å². The summed E-state index contributed by atoms with van der Waals surface area (Å²) >= 11 is 0. The molecular formula is C120H121NO17S6. The van der Waals surface area contributed by atoms with E-state index < -0.39 is 42.3 Å². The van der Waals surface area contributed by atoms with Crippen molar-refractivity contribution in [1.29, 1.82) is 0 Å². The van der Waals surface area contributed by atoms with Crippen molar-refractivity contribution in [3.63, 3.8) is 0 Å². The number of benzene rings is 16. The molecule has 16 rings (SSSR count). The molecule has 3 atom stereocenters. The zero-order valence-electron chi connectivity index (χ0n) is 83.0. The molecule has 0 bridgehead atoms. The summed E-state index contributed by atoms with van der Waals surface area (Å²) in [5.41, 5.74) is 9.59. The van der Waals surface area contributed by atoms with Crippen molar-refractivity contribution in [3.05, 3.63) is 445 Å². The molecule has 0 aliphatic heterocycles. The molecule has 0 aromatic heterocycles. The Morgan fingerprint density at radius 2 is 0.549 bits per heavy atom. The third kappa shape index (κ3) is 34.0. The first-order valence-electron chi connectivity index (χ1n) is 47.2. The van der Waals surface area contributed by atoms with E-state index in [1.165, 1.54) is 149 Å². The van der Waals surface area contributed by atoms with Crippen molar-refractivity contribution in [2.24, 2.45) is 0 Å². The SMILES string of the molecule is CC(C)(C)c1ccc([S+](c2ccccc2)c2ccccc2)cc1.CCC(C)c1ccc(OCC(=O)N(C)c2ccc(S(=O)(=O)[O-])cc2)cc1.CCC(C)c1ccc(OCC(=O)Oc2ccc(S(=O)(=O)[O-])cc2)cc1.CCC(C)c1ccc(OCC(=O)Oc2ccc3cc(S(=O)(=O)[O-])ccc3c2)cc1.Cc1ccc([S+](c2ccc(C)cc2)c2ccc(C)cc2)cc1.c1ccc([S+](c2ccccc2)c2ccccc2)cc1. The van der Waals surface area contributed by atoms with Crippen molar-refractivity contribution in [1.82, 2.24) is 0 Å². The summed E-state index contributed by atoms with van der Waals surface area (Å²) in [6.07, 6.45) is 3.14. The summed E-state index contributed by atoms with van der Waals surface area (Å²) < 4.78 is 125. The van der Waals surface area contributed by atoms with Crippen molar-refractivity contribution >= 4 is 97.3 Å². The van der Waals surface area contributed by atoms with Gasteiger partial charge in [0.1, 0.15) is 59.1 Å². The number of carbonyl (C=O) groups excluding carboxylic acids is 3. The van der Waals surface area contributed by atoms with Crippen molar-refractivity contribution < 1.29 is 77.0 Å². The smallest absolute Gasteiger partial charge is 0.349 e. The van der Waals surface area contributed by atoms with Crippen LogP contribution in [0, 0.1) is 20.8 Å². The number of aryl methyl sites for hydroxylation is 3. The number of rotatable bonds is 30. The molecule has 0 saturated carbocycles. The first kappa shape index (κ1) is 111. The molecule has 0 spiro atoms. The fraction of sp³-hybridized carbons (Fsp3) is 0.192. The summed E-state index contributed by atoms with van der Waals surface area (Å²) in [5, 5.41) is 1.20. The Bertz CT molecular complexity index is 6870. The van der Waals surface area contributed by atoms with Crippen LogP contribution < -0.4 is 28.6 Å². The fourth-order valence-corrected chi connectivity index (χ4v) is 22.1. The lowest BCUT2D eigenvalue weighted by molar-refractivity contribution is -0.137. The summed E-state index contributed by atoms with van der Waals surface area (Å²) in [5.74, 6) is 2.07. The minimum Gasteiger partial charge on any atom is -0.744 e. The number of nitrogens with zero attached hydrogens (tertiary/aromatic N) is 1. The zero-order valence-corrected chi connectivity index (χ0v) is 87.9.